The van der Waals surface area contributed by atoms with Gasteiger partial charge in [0.05, 0.1) is 5.39 Å². The van der Waals surface area contributed by atoms with Crippen LogP contribution >= 0.6 is 23.3 Å². The number of rotatable bonds is 3. The van der Waals surface area contributed by atoms with Gasteiger partial charge in [0.15, 0.2) is 6.20 Å². The lowest BCUT2D eigenvalue weighted by Crippen LogP contribution is -2.16. The molecule has 0 aliphatic heterocycles. The number of carbonyl (C=O) groups excluding carboxylic acids is 1. The maximum absolute atomic E-state index is 12.2. The van der Waals surface area contributed by atoms with Crippen molar-refractivity contribution in [3.63, 3.8) is 0 Å². The number of nitrogens with one attached hydrogen (secondary N) is 1. The highest BCUT2D eigenvalue weighted by molar-refractivity contribution is 8.13. The Morgan fingerprint density at radius 3 is 2.46 bits per heavy atom. The van der Waals surface area contributed by atoms with Crippen LogP contribution in [0.3, 0.4) is 0 Å². The van der Waals surface area contributed by atoms with Gasteiger partial charge in [0, 0.05) is 24.6 Å². The van der Waals surface area contributed by atoms with Crippen LogP contribution in [-0.4, -0.2) is 24.2 Å². The first-order chi connectivity index (χ1) is 11.5. The SMILES string of the molecule is CC(C)c1ccc(-c2c(SC(=O)N(C)C)ccc3c[nH+]sc23)cc1. The molecule has 2 aromatic carbocycles. The Bertz CT molecular complexity index is 867. The first kappa shape index (κ1) is 17.0. The third kappa shape index (κ3) is 3.32. The molecule has 0 spiro atoms. The summed E-state index contributed by atoms with van der Waals surface area (Å²) in [5.41, 5.74) is 3.60. The average molecular weight is 358 g/mol. The Balaban J connectivity index is 2.12. The molecule has 0 saturated heterocycles. The predicted molar refractivity (Wildman–Crippen MR) is 103 cm³/mol. The molecule has 3 rings (SSSR count). The van der Waals surface area contributed by atoms with Crippen LogP contribution in [0.5, 0.6) is 0 Å². The number of nitrogens with zero attached hydrogens (tertiary/aromatic N) is 1. The van der Waals surface area contributed by atoms with Crippen molar-refractivity contribution in [2.45, 2.75) is 24.7 Å². The molecule has 0 bridgehead atoms. The van der Waals surface area contributed by atoms with Crippen molar-refractivity contribution in [3.05, 3.63) is 48.2 Å². The Morgan fingerprint density at radius 2 is 1.83 bits per heavy atom. The first-order valence-electron chi connectivity index (χ1n) is 7.89. The number of fused-ring (bicyclic) bond motifs is 1. The van der Waals surface area contributed by atoms with E-state index in [0.717, 1.165) is 16.0 Å². The number of hydrogen-bond acceptors (Lipinski definition) is 3. The molecule has 0 radical (unpaired) electrons. The summed E-state index contributed by atoms with van der Waals surface area (Å²) in [5.74, 6) is 0.508. The second-order valence-electron chi connectivity index (χ2n) is 6.26. The summed E-state index contributed by atoms with van der Waals surface area (Å²) in [7, 11) is 3.56. The van der Waals surface area contributed by atoms with Crippen molar-refractivity contribution in [2.24, 2.45) is 0 Å². The Kier molecular flexibility index (Phi) is 4.92. The lowest BCUT2D eigenvalue weighted by molar-refractivity contribution is -0.287. The van der Waals surface area contributed by atoms with E-state index < -0.39 is 0 Å². The van der Waals surface area contributed by atoms with Crippen LogP contribution in [0.2, 0.25) is 0 Å². The lowest BCUT2D eigenvalue weighted by Gasteiger charge is -2.13. The molecule has 3 aromatic rings. The predicted octanol–water partition coefficient (Wildman–Crippen LogP) is 5.28. The zero-order valence-electron chi connectivity index (χ0n) is 14.3. The van der Waals surface area contributed by atoms with Crippen molar-refractivity contribution >= 4 is 38.6 Å². The van der Waals surface area contributed by atoms with Crippen LogP contribution in [0.15, 0.2) is 47.5 Å². The molecule has 1 heterocycles. The van der Waals surface area contributed by atoms with Crippen LogP contribution in [0, 0.1) is 0 Å². The molecule has 0 saturated carbocycles. The van der Waals surface area contributed by atoms with Crippen LogP contribution < -0.4 is 4.37 Å². The number of H-pyrrole nitrogens is 1. The molecule has 0 fully saturated rings. The standard InChI is InChI=1S/C19H20N2OS2/c1-12(2)13-5-7-14(8-6-13)17-16(23-19(22)21(3)4)10-9-15-11-20-24-18(15)17/h5-12H,1-4H3/p+1. The zero-order chi connectivity index (χ0) is 17.3. The van der Waals surface area contributed by atoms with Crippen molar-refractivity contribution in [3.8, 4) is 11.1 Å². The van der Waals surface area contributed by atoms with E-state index in [1.807, 2.05) is 12.3 Å². The van der Waals surface area contributed by atoms with Crippen molar-refractivity contribution < 1.29 is 9.17 Å². The molecule has 1 amide bonds. The van der Waals surface area contributed by atoms with E-state index in [-0.39, 0.29) is 5.24 Å². The fraction of sp³-hybridized carbons (Fsp3) is 0.263. The highest BCUT2D eigenvalue weighted by Gasteiger charge is 2.18. The number of benzene rings is 2. The zero-order valence-corrected chi connectivity index (χ0v) is 15.9. The first-order valence-corrected chi connectivity index (χ1v) is 9.52. The second-order valence-corrected chi connectivity index (χ2v) is 8.10. The highest BCUT2D eigenvalue weighted by atomic mass is 32.2. The third-order valence-electron chi connectivity index (χ3n) is 3.95. The van der Waals surface area contributed by atoms with E-state index in [4.69, 9.17) is 0 Å². The van der Waals surface area contributed by atoms with Gasteiger partial charge in [-0.2, -0.15) is 4.37 Å². The topological polar surface area (TPSA) is 34.5 Å². The van der Waals surface area contributed by atoms with E-state index >= 15 is 0 Å². The molecule has 0 atom stereocenters. The summed E-state index contributed by atoms with van der Waals surface area (Å²) >= 11 is 2.89. The monoisotopic (exact) mass is 357 g/mol. The summed E-state index contributed by atoms with van der Waals surface area (Å²) in [4.78, 5) is 14.8. The van der Waals surface area contributed by atoms with Gasteiger partial charge in [-0.25, -0.2) is 0 Å². The van der Waals surface area contributed by atoms with Gasteiger partial charge < -0.3 is 4.90 Å². The van der Waals surface area contributed by atoms with Crippen LogP contribution in [-0.2, 0) is 0 Å². The number of amides is 1. The maximum atomic E-state index is 12.2. The fourth-order valence-electron chi connectivity index (χ4n) is 2.53. The minimum absolute atomic E-state index is 0.0370. The molecular weight excluding hydrogens is 336 g/mol. The molecule has 5 heteroatoms. The summed E-state index contributed by atoms with van der Waals surface area (Å²) in [6, 6.07) is 12.8. The maximum Gasteiger partial charge on any atom is 0.285 e. The van der Waals surface area contributed by atoms with Crippen molar-refractivity contribution in [1.29, 1.82) is 0 Å². The summed E-state index contributed by atoms with van der Waals surface area (Å²) in [6.45, 7) is 4.39. The van der Waals surface area contributed by atoms with Crippen molar-refractivity contribution in [1.82, 2.24) is 4.90 Å². The van der Waals surface area contributed by atoms with Gasteiger partial charge in [-0.1, -0.05) is 38.1 Å². The van der Waals surface area contributed by atoms with E-state index in [1.54, 1.807) is 30.5 Å². The van der Waals surface area contributed by atoms with E-state index in [0.29, 0.717) is 5.92 Å². The average Bonchev–Trinajstić information content (AvgIpc) is 3.03. The normalized spacial score (nSPS) is 11.2. The minimum atomic E-state index is 0.0370. The van der Waals surface area contributed by atoms with Gasteiger partial charge in [0.25, 0.3) is 5.24 Å². The highest BCUT2D eigenvalue weighted by Crippen LogP contribution is 2.39. The number of aromatic nitrogens is 1. The van der Waals surface area contributed by atoms with E-state index in [1.165, 1.54) is 27.4 Å². The molecule has 1 N–H and O–H groups in total. The van der Waals surface area contributed by atoms with Gasteiger partial charge in [-0.3, -0.25) is 4.79 Å². The fourth-order valence-corrected chi connectivity index (χ4v) is 4.31. The third-order valence-corrected chi connectivity index (χ3v) is 5.93. The molecule has 3 nitrogen and oxygen atoms in total. The molecule has 0 unspecified atom stereocenters. The van der Waals surface area contributed by atoms with E-state index in [2.05, 4.69) is 48.6 Å². The summed E-state index contributed by atoms with van der Waals surface area (Å²) < 4.78 is 4.40. The number of aromatic amines is 1. The largest absolute Gasteiger partial charge is 0.339 e. The van der Waals surface area contributed by atoms with Gasteiger partial charge in [0.1, 0.15) is 16.2 Å². The quantitative estimate of drug-likeness (QED) is 0.598. The second kappa shape index (κ2) is 6.95. The Labute approximate surface area is 150 Å². The lowest BCUT2D eigenvalue weighted by atomic mass is 9.98. The molecule has 0 aliphatic rings. The van der Waals surface area contributed by atoms with Gasteiger partial charge in [0.2, 0.25) is 0 Å². The van der Waals surface area contributed by atoms with Crippen LogP contribution in [0.25, 0.3) is 21.2 Å². The van der Waals surface area contributed by atoms with E-state index in [9.17, 15) is 4.79 Å². The van der Waals surface area contributed by atoms with Gasteiger partial charge in [-0.15, -0.1) is 0 Å². The minimum Gasteiger partial charge on any atom is -0.339 e. The van der Waals surface area contributed by atoms with Gasteiger partial charge >= 0.3 is 0 Å². The smallest absolute Gasteiger partial charge is 0.285 e. The van der Waals surface area contributed by atoms with Crippen LogP contribution in [0.1, 0.15) is 25.3 Å². The molecule has 24 heavy (non-hydrogen) atoms. The number of thioether (sulfide) groups is 1. The summed E-state index contributed by atoms with van der Waals surface area (Å²) in [5, 5.41) is 1.21. The van der Waals surface area contributed by atoms with Gasteiger partial charge in [-0.05, 0) is 40.9 Å². The number of carbonyl (C=O) groups is 1. The Morgan fingerprint density at radius 1 is 1.12 bits per heavy atom. The molecule has 0 aliphatic carbocycles. The van der Waals surface area contributed by atoms with Crippen LogP contribution in [0.4, 0.5) is 4.79 Å². The summed E-state index contributed by atoms with van der Waals surface area (Å²) in [6.07, 6.45) is 2.01. The molecule has 124 valence electrons. The Hall–Kier alpha value is -1.85. The molecule has 1 aromatic heterocycles. The molecular formula is C19H21N2OS2+. The number of hydrogen-bond donors (Lipinski definition) is 0. The van der Waals surface area contributed by atoms with Crippen molar-refractivity contribution in [2.75, 3.05) is 14.1 Å².